The van der Waals surface area contributed by atoms with Gasteiger partial charge in [-0.25, -0.2) is 0 Å². The van der Waals surface area contributed by atoms with E-state index in [0.29, 0.717) is 23.5 Å². The van der Waals surface area contributed by atoms with Gasteiger partial charge < -0.3 is 4.74 Å². The molecule has 0 heterocycles. The fourth-order valence-corrected chi connectivity index (χ4v) is 3.62. The first-order valence-electron chi connectivity index (χ1n) is 8.59. The molecule has 0 saturated heterocycles. The van der Waals surface area contributed by atoms with Crippen LogP contribution in [0.15, 0.2) is 30.3 Å². The molecule has 1 heteroatoms. The maximum atomic E-state index is 6.13. The van der Waals surface area contributed by atoms with Crippen molar-refractivity contribution in [1.82, 2.24) is 0 Å². The van der Waals surface area contributed by atoms with Gasteiger partial charge in [-0.1, -0.05) is 50.8 Å². The van der Waals surface area contributed by atoms with Gasteiger partial charge in [0.15, 0.2) is 0 Å². The Balaban J connectivity index is 1.90. The van der Waals surface area contributed by atoms with Gasteiger partial charge in [0.25, 0.3) is 0 Å². The molecular formula is C21H30O. The van der Waals surface area contributed by atoms with Crippen LogP contribution in [0.4, 0.5) is 0 Å². The van der Waals surface area contributed by atoms with Crippen molar-refractivity contribution in [3.05, 3.63) is 35.9 Å². The van der Waals surface area contributed by atoms with Crippen LogP contribution >= 0.6 is 0 Å². The predicted octanol–water partition coefficient (Wildman–Crippen LogP) is 5.29. The second-order valence-electron chi connectivity index (χ2n) is 7.74. The molecule has 0 aliphatic heterocycles. The van der Waals surface area contributed by atoms with E-state index in [4.69, 9.17) is 4.74 Å². The third-order valence-corrected chi connectivity index (χ3v) is 4.59. The minimum Gasteiger partial charge on any atom is -0.375 e. The summed E-state index contributed by atoms with van der Waals surface area (Å²) >= 11 is 0. The Morgan fingerprint density at radius 2 is 1.86 bits per heavy atom. The molecule has 1 nitrogen and oxygen atoms in total. The molecule has 3 unspecified atom stereocenters. The quantitative estimate of drug-likeness (QED) is 0.686. The van der Waals surface area contributed by atoms with Gasteiger partial charge in [0.05, 0.1) is 12.2 Å². The Bertz CT molecular complexity index is 518. The smallest absolute Gasteiger partial charge is 0.0632 e. The summed E-state index contributed by atoms with van der Waals surface area (Å²) in [5.41, 5.74) is 1.41. The molecule has 3 atom stereocenters. The normalized spacial score (nSPS) is 24.8. The summed E-state index contributed by atoms with van der Waals surface area (Å²) in [6.45, 7) is 11.2. The number of hydrogen-bond acceptors (Lipinski definition) is 1. The van der Waals surface area contributed by atoms with E-state index in [0.717, 1.165) is 11.5 Å². The summed E-state index contributed by atoms with van der Waals surface area (Å²) in [6.07, 6.45) is 4.33. The second kappa shape index (κ2) is 7.34. The molecule has 1 aromatic rings. The molecule has 1 aliphatic rings. The molecule has 1 aliphatic carbocycles. The minimum absolute atomic E-state index is 0.293. The second-order valence-corrected chi connectivity index (χ2v) is 7.74. The Morgan fingerprint density at radius 3 is 2.50 bits per heavy atom. The molecule has 0 bridgehead atoms. The highest BCUT2D eigenvalue weighted by Crippen LogP contribution is 2.45. The highest BCUT2D eigenvalue weighted by Gasteiger charge is 2.41. The van der Waals surface area contributed by atoms with Crippen LogP contribution in [0.25, 0.3) is 0 Å². The van der Waals surface area contributed by atoms with E-state index in [1.165, 1.54) is 19.3 Å². The lowest BCUT2D eigenvalue weighted by molar-refractivity contribution is -0.0414. The van der Waals surface area contributed by atoms with Crippen molar-refractivity contribution >= 4 is 0 Å². The topological polar surface area (TPSA) is 9.23 Å². The highest BCUT2D eigenvalue weighted by atomic mass is 16.5. The van der Waals surface area contributed by atoms with Gasteiger partial charge in [-0.3, -0.25) is 0 Å². The van der Waals surface area contributed by atoms with Crippen LogP contribution in [-0.2, 0) is 4.74 Å². The largest absolute Gasteiger partial charge is 0.375 e. The van der Waals surface area contributed by atoms with Gasteiger partial charge in [-0.05, 0) is 56.6 Å². The molecule has 120 valence electrons. The van der Waals surface area contributed by atoms with Crippen LogP contribution in [0.5, 0.6) is 0 Å². The van der Waals surface area contributed by atoms with Crippen molar-refractivity contribution in [2.24, 2.45) is 17.3 Å². The van der Waals surface area contributed by atoms with E-state index in [2.05, 4.69) is 58.6 Å². The van der Waals surface area contributed by atoms with Gasteiger partial charge in [-0.2, -0.15) is 0 Å². The number of benzene rings is 1. The molecule has 0 N–H and O–H groups in total. The molecule has 0 aromatic heterocycles. The van der Waals surface area contributed by atoms with E-state index in [9.17, 15) is 0 Å². The average molecular weight is 298 g/mol. The first-order valence-corrected chi connectivity index (χ1v) is 8.59. The third-order valence-electron chi connectivity index (χ3n) is 4.59. The van der Waals surface area contributed by atoms with Crippen molar-refractivity contribution < 1.29 is 4.74 Å². The van der Waals surface area contributed by atoms with Gasteiger partial charge in [-0.15, -0.1) is 0 Å². The van der Waals surface area contributed by atoms with E-state index in [1.54, 1.807) is 0 Å². The number of rotatable bonds is 4. The van der Waals surface area contributed by atoms with Gasteiger partial charge in [0.2, 0.25) is 0 Å². The standard InChI is InChI=1S/C21H30O/c1-16(2)22-20-14-19(15-21(20,4)5)13-17(3)11-12-18-9-7-6-8-10-18/h6-10,16-17,19-20H,13-15H2,1-5H3. The maximum absolute atomic E-state index is 6.13. The zero-order valence-corrected chi connectivity index (χ0v) is 14.7. The molecule has 1 aromatic carbocycles. The fraction of sp³-hybridized carbons (Fsp3) is 0.619. The summed E-state index contributed by atoms with van der Waals surface area (Å²) in [6, 6.07) is 10.3. The Kier molecular flexibility index (Phi) is 5.70. The van der Waals surface area contributed by atoms with Gasteiger partial charge >= 0.3 is 0 Å². The van der Waals surface area contributed by atoms with Crippen LogP contribution in [0, 0.1) is 29.1 Å². The van der Waals surface area contributed by atoms with Crippen molar-refractivity contribution in [3.63, 3.8) is 0 Å². The Morgan fingerprint density at radius 1 is 1.18 bits per heavy atom. The van der Waals surface area contributed by atoms with Crippen molar-refractivity contribution in [2.45, 2.75) is 66.1 Å². The first-order chi connectivity index (χ1) is 10.4. The zero-order valence-electron chi connectivity index (χ0n) is 14.7. The van der Waals surface area contributed by atoms with Crippen LogP contribution in [0.2, 0.25) is 0 Å². The molecular weight excluding hydrogens is 268 g/mol. The molecule has 22 heavy (non-hydrogen) atoms. The van der Waals surface area contributed by atoms with Gasteiger partial charge in [0.1, 0.15) is 0 Å². The van der Waals surface area contributed by atoms with Crippen molar-refractivity contribution in [1.29, 1.82) is 0 Å². The maximum Gasteiger partial charge on any atom is 0.0632 e. The van der Waals surface area contributed by atoms with E-state index in [1.807, 2.05) is 18.2 Å². The Labute approximate surface area is 136 Å². The molecule has 0 radical (unpaired) electrons. The summed E-state index contributed by atoms with van der Waals surface area (Å²) < 4.78 is 6.13. The lowest BCUT2D eigenvalue weighted by Gasteiger charge is -2.28. The third kappa shape index (κ3) is 4.89. The van der Waals surface area contributed by atoms with Crippen LogP contribution in [0.1, 0.15) is 59.4 Å². The molecule has 0 amide bonds. The average Bonchev–Trinajstić information content (AvgIpc) is 2.71. The molecule has 1 fully saturated rings. The summed E-state index contributed by atoms with van der Waals surface area (Å²) in [5.74, 6) is 7.90. The van der Waals surface area contributed by atoms with E-state index >= 15 is 0 Å². The fourth-order valence-electron chi connectivity index (χ4n) is 3.62. The van der Waals surface area contributed by atoms with Crippen molar-refractivity contribution in [2.75, 3.05) is 0 Å². The minimum atomic E-state index is 0.293. The Hall–Kier alpha value is -1.26. The summed E-state index contributed by atoms with van der Waals surface area (Å²) in [5, 5.41) is 0. The lowest BCUT2D eigenvalue weighted by atomic mass is 9.86. The summed E-state index contributed by atoms with van der Waals surface area (Å²) in [4.78, 5) is 0. The zero-order chi connectivity index (χ0) is 16.2. The van der Waals surface area contributed by atoms with E-state index < -0.39 is 0 Å². The molecule has 2 rings (SSSR count). The summed E-state index contributed by atoms with van der Waals surface area (Å²) in [7, 11) is 0. The SMILES string of the molecule is CC(C#Cc1ccccc1)CC1CC(OC(C)C)C(C)(C)C1. The lowest BCUT2D eigenvalue weighted by Crippen LogP contribution is -2.28. The van der Waals surface area contributed by atoms with E-state index in [-0.39, 0.29) is 0 Å². The number of hydrogen-bond donors (Lipinski definition) is 0. The van der Waals surface area contributed by atoms with Crippen LogP contribution in [0.3, 0.4) is 0 Å². The number of ether oxygens (including phenoxy) is 1. The van der Waals surface area contributed by atoms with Crippen molar-refractivity contribution in [3.8, 4) is 11.8 Å². The van der Waals surface area contributed by atoms with Gasteiger partial charge in [0, 0.05) is 11.5 Å². The predicted molar refractivity (Wildman–Crippen MR) is 93.6 cm³/mol. The first kappa shape index (κ1) is 17.1. The monoisotopic (exact) mass is 298 g/mol. The molecule has 0 spiro atoms. The molecule has 1 saturated carbocycles. The van der Waals surface area contributed by atoms with Crippen LogP contribution < -0.4 is 0 Å². The highest BCUT2D eigenvalue weighted by molar-refractivity contribution is 5.33. The van der Waals surface area contributed by atoms with Crippen LogP contribution in [-0.4, -0.2) is 12.2 Å².